The van der Waals surface area contributed by atoms with Crippen molar-refractivity contribution in [2.45, 2.75) is 0 Å². The molecular formula is C58H37NO2. The molecule has 3 nitrogen and oxygen atoms in total. The molecule has 0 aliphatic carbocycles. The van der Waals surface area contributed by atoms with E-state index in [2.05, 4.69) is 205 Å². The molecule has 2 aromatic heterocycles. The van der Waals surface area contributed by atoms with Gasteiger partial charge in [0, 0.05) is 32.9 Å². The number of anilines is 3. The molecule has 0 saturated carbocycles. The molecule has 286 valence electrons. The predicted molar refractivity (Wildman–Crippen MR) is 255 cm³/mol. The number of hydrogen-bond acceptors (Lipinski definition) is 3. The lowest BCUT2D eigenvalue weighted by Crippen LogP contribution is -2.10. The average molecular weight is 780 g/mol. The Balaban J connectivity index is 0.905. The number of benzene rings is 10. The van der Waals surface area contributed by atoms with Gasteiger partial charge in [0.2, 0.25) is 0 Å². The Kier molecular flexibility index (Phi) is 8.17. The summed E-state index contributed by atoms with van der Waals surface area (Å²) in [6, 6.07) is 80.0. The van der Waals surface area contributed by atoms with Gasteiger partial charge in [-0.15, -0.1) is 0 Å². The van der Waals surface area contributed by atoms with Gasteiger partial charge >= 0.3 is 0 Å². The number of para-hydroxylation sites is 3. The maximum atomic E-state index is 6.62. The van der Waals surface area contributed by atoms with Crippen molar-refractivity contribution in [1.82, 2.24) is 0 Å². The zero-order valence-electron chi connectivity index (χ0n) is 33.1. The van der Waals surface area contributed by atoms with Gasteiger partial charge in [-0.1, -0.05) is 152 Å². The van der Waals surface area contributed by atoms with Crippen LogP contribution in [0.2, 0.25) is 0 Å². The molecule has 0 unspecified atom stereocenters. The molecule has 0 amide bonds. The molecule has 0 radical (unpaired) electrons. The normalized spacial score (nSPS) is 11.6. The summed E-state index contributed by atoms with van der Waals surface area (Å²) in [5.41, 5.74) is 15.9. The molecular weight excluding hydrogens is 743 g/mol. The van der Waals surface area contributed by atoms with Gasteiger partial charge < -0.3 is 13.7 Å². The summed E-state index contributed by atoms with van der Waals surface area (Å²) in [7, 11) is 0. The van der Waals surface area contributed by atoms with Crippen LogP contribution in [0.15, 0.2) is 233 Å². The zero-order valence-corrected chi connectivity index (χ0v) is 33.1. The summed E-state index contributed by atoms with van der Waals surface area (Å²) >= 11 is 0. The monoisotopic (exact) mass is 779 g/mol. The third kappa shape index (κ3) is 6.14. The molecule has 12 aromatic rings. The van der Waals surface area contributed by atoms with Crippen molar-refractivity contribution in [3.8, 4) is 44.5 Å². The fourth-order valence-corrected chi connectivity index (χ4v) is 8.97. The molecule has 0 saturated heterocycles. The van der Waals surface area contributed by atoms with E-state index in [0.717, 1.165) is 83.2 Å². The minimum absolute atomic E-state index is 0.853. The third-order valence-corrected chi connectivity index (χ3v) is 12.1. The fraction of sp³-hybridized carbons (Fsp3) is 0. The molecule has 0 bridgehead atoms. The third-order valence-electron chi connectivity index (χ3n) is 12.1. The molecule has 0 fully saturated rings. The first-order chi connectivity index (χ1) is 30.2. The SMILES string of the molecule is c1cc(-c2ccc(N(c3ccc(-c4ccc5c(c4)oc4ccccc45)cc3)c3cccc4c3oc3ccccc34)cc2)cc(-c2cccc(-c3ccc4ccccc4c3)c2)c1. The Morgan fingerprint density at radius 2 is 0.721 bits per heavy atom. The lowest BCUT2D eigenvalue weighted by Gasteiger charge is -2.26. The molecule has 3 heteroatoms. The predicted octanol–water partition coefficient (Wildman–Crippen LogP) is 16.8. The van der Waals surface area contributed by atoms with Crippen LogP contribution in [0.5, 0.6) is 0 Å². The largest absolute Gasteiger partial charge is 0.456 e. The van der Waals surface area contributed by atoms with E-state index in [-0.39, 0.29) is 0 Å². The minimum Gasteiger partial charge on any atom is -0.456 e. The number of hydrogen-bond donors (Lipinski definition) is 0. The van der Waals surface area contributed by atoms with Crippen LogP contribution in [0.25, 0.3) is 99.2 Å². The molecule has 0 aliphatic rings. The van der Waals surface area contributed by atoms with Crippen molar-refractivity contribution in [2.24, 2.45) is 0 Å². The molecule has 12 rings (SSSR count). The topological polar surface area (TPSA) is 29.5 Å². The second-order valence-electron chi connectivity index (χ2n) is 15.7. The number of fused-ring (bicyclic) bond motifs is 7. The fourth-order valence-electron chi connectivity index (χ4n) is 8.97. The summed E-state index contributed by atoms with van der Waals surface area (Å²) in [6.45, 7) is 0. The van der Waals surface area contributed by atoms with Crippen molar-refractivity contribution in [3.05, 3.63) is 224 Å². The molecule has 10 aromatic carbocycles. The van der Waals surface area contributed by atoms with E-state index >= 15 is 0 Å². The van der Waals surface area contributed by atoms with E-state index in [1.54, 1.807) is 0 Å². The van der Waals surface area contributed by atoms with Crippen LogP contribution in [0.4, 0.5) is 17.1 Å². The Morgan fingerprint density at radius 3 is 1.39 bits per heavy atom. The summed E-state index contributed by atoms with van der Waals surface area (Å²) in [5, 5.41) is 6.96. The Morgan fingerprint density at radius 1 is 0.262 bits per heavy atom. The molecule has 0 N–H and O–H groups in total. The van der Waals surface area contributed by atoms with Gasteiger partial charge in [0.1, 0.15) is 16.7 Å². The highest BCUT2D eigenvalue weighted by Crippen LogP contribution is 2.43. The first kappa shape index (κ1) is 34.9. The number of rotatable bonds is 7. The van der Waals surface area contributed by atoms with Gasteiger partial charge in [-0.25, -0.2) is 0 Å². The van der Waals surface area contributed by atoms with E-state index in [1.807, 2.05) is 24.3 Å². The highest BCUT2D eigenvalue weighted by molar-refractivity contribution is 6.10. The molecule has 0 atom stereocenters. The van der Waals surface area contributed by atoms with Crippen LogP contribution in [0, 0.1) is 0 Å². The van der Waals surface area contributed by atoms with Crippen LogP contribution in [-0.2, 0) is 0 Å². The van der Waals surface area contributed by atoms with Crippen molar-refractivity contribution >= 4 is 71.7 Å². The second-order valence-corrected chi connectivity index (χ2v) is 15.7. The van der Waals surface area contributed by atoms with Gasteiger partial charge in [-0.2, -0.15) is 0 Å². The van der Waals surface area contributed by atoms with Gasteiger partial charge in [-0.3, -0.25) is 0 Å². The molecule has 0 aliphatic heterocycles. The smallest absolute Gasteiger partial charge is 0.159 e. The summed E-state index contributed by atoms with van der Waals surface area (Å²) in [6.07, 6.45) is 0. The summed E-state index contributed by atoms with van der Waals surface area (Å²) < 4.78 is 12.9. The maximum Gasteiger partial charge on any atom is 0.159 e. The standard InChI is InChI=1S/C58H37NO2/c1-2-11-41-35-46(23-22-38(41)10-1)45-15-8-14-44(36-45)43-13-7-12-42(34-43)39-24-29-48(30-25-39)59(54-19-9-18-53-51-17-4-6-21-56(51)61-58(53)54)49-31-26-40(27-32-49)47-28-33-52-50-16-3-5-20-55(50)60-57(52)37-47/h1-37H. The van der Waals surface area contributed by atoms with Gasteiger partial charge in [0.15, 0.2) is 5.58 Å². The highest BCUT2D eigenvalue weighted by atomic mass is 16.3. The Bertz CT molecular complexity index is 3590. The van der Waals surface area contributed by atoms with Gasteiger partial charge in [-0.05, 0) is 128 Å². The van der Waals surface area contributed by atoms with Gasteiger partial charge in [0.25, 0.3) is 0 Å². The maximum absolute atomic E-state index is 6.62. The van der Waals surface area contributed by atoms with Crippen LogP contribution in [0.3, 0.4) is 0 Å². The van der Waals surface area contributed by atoms with E-state index in [1.165, 1.54) is 33.0 Å². The molecule has 0 spiro atoms. The van der Waals surface area contributed by atoms with Crippen molar-refractivity contribution in [1.29, 1.82) is 0 Å². The Labute approximate surface area is 353 Å². The quantitative estimate of drug-likeness (QED) is 0.161. The lowest BCUT2D eigenvalue weighted by molar-refractivity contribution is 0.668. The Hall–Kier alpha value is -8.14. The minimum atomic E-state index is 0.853. The molecule has 61 heavy (non-hydrogen) atoms. The first-order valence-electron chi connectivity index (χ1n) is 20.7. The second kappa shape index (κ2) is 14.3. The van der Waals surface area contributed by atoms with E-state index < -0.39 is 0 Å². The number of furan rings is 2. The van der Waals surface area contributed by atoms with Crippen LogP contribution in [-0.4, -0.2) is 0 Å². The summed E-state index contributed by atoms with van der Waals surface area (Å²) in [4.78, 5) is 2.30. The van der Waals surface area contributed by atoms with E-state index in [0.29, 0.717) is 0 Å². The average Bonchev–Trinajstić information content (AvgIpc) is 3.91. The van der Waals surface area contributed by atoms with Gasteiger partial charge in [0.05, 0.1) is 5.69 Å². The summed E-state index contributed by atoms with van der Waals surface area (Å²) in [5.74, 6) is 0. The van der Waals surface area contributed by atoms with E-state index in [4.69, 9.17) is 8.83 Å². The lowest BCUT2D eigenvalue weighted by atomic mass is 9.95. The highest BCUT2D eigenvalue weighted by Gasteiger charge is 2.20. The van der Waals surface area contributed by atoms with Crippen molar-refractivity contribution in [2.75, 3.05) is 4.90 Å². The van der Waals surface area contributed by atoms with Crippen molar-refractivity contribution < 1.29 is 8.83 Å². The van der Waals surface area contributed by atoms with E-state index in [9.17, 15) is 0 Å². The number of nitrogens with zero attached hydrogens (tertiary/aromatic N) is 1. The van der Waals surface area contributed by atoms with Crippen molar-refractivity contribution in [3.63, 3.8) is 0 Å². The first-order valence-corrected chi connectivity index (χ1v) is 20.7. The molecule has 2 heterocycles. The van der Waals surface area contributed by atoms with Crippen LogP contribution < -0.4 is 4.90 Å². The van der Waals surface area contributed by atoms with Crippen LogP contribution in [0.1, 0.15) is 0 Å². The van der Waals surface area contributed by atoms with Crippen LogP contribution >= 0.6 is 0 Å². The zero-order chi connectivity index (χ0) is 40.3.